The van der Waals surface area contributed by atoms with Crippen molar-refractivity contribution in [1.82, 2.24) is 5.43 Å². The number of carbonyl (C=O) groups is 1. The van der Waals surface area contributed by atoms with E-state index in [0.29, 0.717) is 11.3 Å². The van der Waals surface area contributed by atoms with Crippen molar-refractivity contribution in [2.45, 2.75) is 6.92 Å². The lowest BCUT2D eigenvalue weighted by Crippen LogP contribution is -2.20. The first-order valence-electron chi connectivity index (χ1n) is 8.31. The van der Waals surface area contributed by atoms with Gasteiger partial charge >= 0.3 is 0 Å². The van der Waals surface area contributed by atoms with Crippen LogP contribution in [0, 0.1) is 12.1 Å². The fourth-order valence-corrected chi connectivity index (χ4v) is 2.51. The Bertz CT molecular complexity index is 935. The molecule has 0 aliphatic rings. The first-order chi connectivity index (χ1) is 13.0. The Morgan fingerprint density at radius 1 is 0.889 bits per heavy atom. The molecule has 0 heterocycles. The van der Waals surface area contributed by atoms with Gasteiger partial charge in [0.05, 0.1) is 11.4 Å². The Balaban J connectivity index is 1.87. The van der Waals surface area contributed by atoms with Gasteiger partial charge < -0.3 is 10.4 Å². The summed E-state index contributed by atoms with van der Waals surface area (Å²) in [4.78, 5) is 12.4. The van der Waals surface area contributed by atoms with Crippen LogP contribution in [0.1, 0.15) is 27.0 Å². The molecule has 136 valence electrons. The number of hydrogen-bond acceptors (Lipinski definition) is 5. The normalized spacial score (nSPS) is 11.1. The van der Waals surface area contributed by atoms with Gasteiger partial charge in [0.25, 0.3) is 5.91 Å². The fraction of sp³-hybridized carbons (Fsp3) is 0.0476. The van der Waals surface area contributed by atoms with E-state index in [1.807, 2.05) is 61.5 Å². The number of carbonyl (C=O) groups excluding carboxylic acids is 1. The molecule has 1 amide bonds. The fourth-order valence-electron chi connectivity index (χ4n) is 2.51. The molecule has 0 spiro atoms. The molecule has 0 aliphatic carbocycles. The van der Waals surface area contributed by atoms with E-state index >= 15 is 0 Å². The predicted octanol–water partition coefficient (Wildman–Crippen LogP) is 3.87. The van der Waals surface area contributed by atoms with Gasteiger partial charge in [-0.15, -0.1) is 0 Å². The molecule has 6 heteroatoms. The highest BCUT2D eigenvalue weighted by molar-refractivity contribution is 6.13. The van der Waals surface area contributed by atoms with Crippen LogP contribution in [-0.2, 0) is 0 Å². The summed E-state index contributed by atoms with van der Waals surface area (Å²) in [5.74, 6) is -0.419. The summed E-state index contributed by atoms with van der Waals surface area (Å²) >= 11 is 0. The van der Waals surface area contributed by atoms with Crippen molar-refractivity contribution >= 4 is 17.3 Å². The summed E-state index contributed by atoms with van der Waals surface area (Å²) in [5.41, 5.74) is 6.44. The maximum Gasteiger partial charge on any atom is 0.271 e. The molecule has 0 aliphatic heterocycles. The number of nitrogens with zero attached hydrogens (tertiary/aromatic N) is 2. The Morgan fingerprint density at radius 3 is 2.04 bits per heavy atom. The molecule has 2 N–H and O–H groups in total. The summed E-state index contributed by atoms with van der Waals surface area (Å²) in [7, 11) is 0. The SMILES string of the molecule is Cc1ccc(C(=NNC(=O)c2ccc(N([O-])O)cc2)c2ccccc2)cc1. The highest BCUT2D eigenvalue weighted by Crippen LogP contribution is 2.14. The van der Waals surface area contributed by atoms with Gasteiger partial charge in [0.15, 0.2) is 0 Å². The molecule has 6 nitrogen and oxygen atoms in total. The van der Waals surface area contributed by atoms with Crippen molar-refractivity contribution in [3.05, 3.63) is 106 Å². The molecule has 0 radical (unpaired) electrons. The molecule has 0 aromatic heterocycles. The quantitative estimate of drug-likeness (QED) is 0.534. The predicted molar refractivity (Wildman–Crippen MR) is 105 cm³/mol. The van der Waals surface area contributed by atoms with E-state index in [2.05, 4.69) is 10.5 Å². The number of anilines is 1. The highest BCUT2D eigenvalue weighted by atomic mass is 16.8. The van der Waals surface area contributed by atoms with E-state index in [-0.39, 0.29) is 10.9 Å². The zero-order chi connectivity index (χ0) is 19.2. The van der Waals surface area contributed by atoms with Crippen LogP contribution in [0.2, 0.25) is 0 Å². The zero-order valence-electron chi connectivity index (χ0n) is 14.7. The first kappa shape index (κ1) is 18.3. The second kappa shape index (κ2) is 8.27. The Kier molecular flexibility index (Phi) is 5.61. The van der Waals surface area contributed by atoms with E-state index < -0.39 is 5.91 Å². The van der Waals surface area contributed by atoms with Crippen molar-refractivity contribution in [1.29, 1.82) is 0 Å². The third-order valence-electron chi connectivity index (χ3n) is 3.99. The Morgan fingerprint density at radius 2 is 1.44 bits per heavy atom. The minimum absolute atomic E-state index is 0.0414. The second-order valence-corrected chi connectivity index (χ2v) is 5.95. The van der Waals surface area contributed by atoms with E-state index in [1.54, 1.807) is 0 Å². The van der Waals surface area contributed by atoms with Crippen molar-refractivity contribution in [3.63, 3.8) is 0 Å². The van der Waals surface area contributed by atoms with Crippen LogP contribution in [0.15, 0.2) is 84.0 Å². The van der Waals surface area contributed by atoms with Gasteiger partial charge in [-0.05, 0) is 31.2 Å². The number of nitrogens with one attached hydrogen (secondary N) is 1. The van der Waals surface area contributed by atoms with Crippen LogP contribution in [0.3, 0.4) is 0 Å². The molecule has 3 aromatic carbocycles. The Hall–Kier alpha value is -3.48. The van der Waals surface area contributed by atoms with Gasteiger partial charge in [-0.1, -0.05) is 60.2 Å². The van der Waals surface area contributed by atoms with E-state index in [4.69, 9.17) is 5.21 Å². The second-order valence-electron chi connectivity index (χ2n) is 5.95. The average molecular weight is 360 g/mol. The average Bonchev–Trinajstić information content (AvgIpc) is 2.70. The third-order valence-corrected chi connectivity index (χ3v) is 3.99. The molecule has 27 heavy (non-hydrogen) atoms. The third kappa shape index (κ3) is 4.58. The maximum atomic E-state index is 12.4. The van der Waals surface area contributed by atoms with Crippen LogP contribution in [0.25, 0.3) is 0 Å². The van der Waals surface area contributed by atoms with Gasteiger partial charge in [0.1, 0.15) is 0 Å². The van der Waals surface area contributed by atoms with E-state index in [0.717, 1.165) is 16.7 Å². The van der Waals surface area contributed by atoms with Gasteiger partial charge in [-0.3, -0.25) is 10.0 Å². The maximum absolute atomic E-state index is 12.4. The van der Waals surface area contributed by atoms with Crippen molar-refractivity contribution in [3.8, 4) is 0 Å². The van der Waals surface area contributed by atoms with Gasteiger partial charge in [0, 0.05) is 16.7 Å². The molecular weight excluding hydrogens is 342 g/mol. The zero-order valence-corrected chi connectivity index (χ0v) is 14.7. The van der Waals surface area contributed by atoms with Crippen LogP contribution in [0.5, 0.6) is 0 Å². The lowest BCUT2D eigenvalue weighted by molar-refractivity contribution is 0.0955. The minimum Gasteiger partial charge on any atom is -0.733 e. The number of rotatable bonds is 5. The summed E-state index contributed by atoms with van der Waals surface area (Å²) in [6.07, 6.45) is 0. The number of amides is 1. The number of benzene rings is 3. The molecule has 3 aromatic rings. The van der Waals surface area contributed by atoms with Crippen LogP contribution < -0.4 is 10.7 Å². The van der Waals surface area contributed by atoms with Crippen molar-refractivity contribution in [2.24, 2.45) is 5.10 Å². The Labute approximate surface area is 156 Å². The lowest BCUT2D eigenvalue weighted by Gasteiger charge is -2.21. The summed E-state index contributed by atoms with van der Waals surface area (Å²) in [5, 5.41) is 23.7. The largest absolute Gasteiger partial charge is 0.733 e. The molecule has 0 atom stereocenters. The monoisotopic (exact) mass is 360 g/mol. The van der Waals surface area contributed by atoms with Crippen molar-refractivity contribution in [2.75, 3.05) is 5.23 Å². The lowest BCUT2D eigenvalue weighted by atomic mass is 10.0. The molecule has 0 saturated heterocycles. The molecule has 0 saturated carbocycles. The van der Waals surface area contributed by atoms with E-state index in [9.17, 15) is 10.0 Å². The molecule has 0 unspecified atom stereocenters. The standard InChI is InChI=1S/C21H18N3O3/c1-15-7-9-17(10-8-15)20(16-5-3-2-4-6-16)22-23-21(25)18-11-13-19(14-12-18)24(26)27/h2-14,26H,1H3,(H,23,25)/q-1. The molecule has 3 rings (SSSR count). The van der Waals surface area contributed by atoms with Gasteiger partial charge in [0.2, 0.25) is 0 Å². The summed E-state index contributed by atoms with van der Waals surface area (Å²) in [6, 6.07) is 23.0. The summed E-state index contributed by atoms with van der Waals surface area (Å²) < 4.78 is 0. The number of hydrazone groups is 1. The number of hydrogen-bond donors (Lipinski definition) is 2. The van der Waals surface area contributed by atoms with Crippen LogP contribution >= 0.6 is 0 Å². The first-order valence-corrected chi connectivity index (χ1v) is 8.31. The van der Waals surface area contributed by atoms with Crippen LogP contribution in [0.4, 0.5) is 5.69 Å². The topological polar surface area (TPSA) is 88.0 Å². The number of aryl methyl sites for hydroxylation is 1. The molecule has 0 bridgehead atoms. The summed E-state index contributed by atoms with van der Waals surface area (Å²) in [6.45, 7) is 2.00. The molecule has 0 fully saturated rings. The van der Waals surface area contributed by atoms with Gasteiger partial charge in [-0.2, -0.15) is 5.10 Å². The smallest absolute Gasteiger partial charge is 0.271 e. The minimum atomic E-state index is -0.419. The molecular formula is C21H18N3O3-. The van der Waals surface area contributed by atoms with Crippen LogP contribution in [-0.4, -0.2) is 16.8 Å². The highest BCUT2D eigenvalue weighted by Gasteiger charge is 2.09. The van der Waals surface area contributed by atoms with Crippen molar-refractivity contribution < 1.29 is 10.0 Å². The van der Waals surface area contributed by atoms with E-state index in [1.165, 1.54) is 24.3 Å². The van der Waals surface area contributed by atoms with Gasteiger partial charge in [-0.25, -0.2) is 5.43 Å².